The van der Waals surface area contributed by atoms with Gasteiger partial charge in [-0.3, -0.25) is 0 Å². The molecule has 0 saturated carbocycles. The van der Waals surface area contributed by atoms with Crippen molar-refractivity contribution in [3.63, 3.8) is 0 Å². The standard InChI is InChI=1S/C18H26N2/c1-2-4-8-16(9-5-3-1)17-10-6-7-11-18(17)20-14-12-19-13-15-20/h6-8,10-11,19H,1-5,9,12-15H2. The SMILES string of the molecule is C1=C(c2ccccc2N2CCNCC2)CCCCCC1. The monoisotopic (exact) mass is 270 g/mol. The highest BCUT2D eigenvalue weighted by molar-refractivity contribution is 5.77. The summed E-state index contributed by atoms with van der Waals surface area (Å²) in [5.41, 5.74) is 4.51. The number of nitrogens with one attached hydrogen (secondary N) is 1. The van der Waals surface area contributed by atoms with E-state index in [1.807, 2.05) is 0 Å². The molecule has 0 aromatic heterocycles. The molecule has 1 aromatic carbocycles. The molecule has 0 unspecified atom stereocenters. The van der Waals surface area contributed by atoms with Crippen molar-refractivity contribution in [1.29, 1.82) is 0 Å². The van der Waals surface area contributed by atoms with E-state index < -0.39 is 0 Å². The Balaban J connectivity index is 1.87. The fourth-order valence-electron chi connectivity index (χ4n) is 3.36. The molecule has 3 rings (SSSR count). The summed E-state index contributed by atoms with van der Waals surface area (Å²) in [6, 6.07) is 9.01. The van der Waals surface area contributed by atoms with Crippen LogP contribution in [0.2, 0.25) is 0 Å². The number of benzene rings is 1. The van der Waals surface area contributed by atoms with Gasteiger partial charge in [0, 0.05) is 37.4 Å². The van der Waals surface area contributed by atoms with E-state index in [0.717, 1.165) is 26.2 Å². The van der Waals surface area contributed by atoms with E-state index in [9.17, 15) is 0 Å². The van der Waals surface area contributed by atoms with E-state index >= 15 is 0 Å². The lowest BCUT2D eigenvalue weighted by Gasteiger charge is -2.31. The summed E-state index contributed by atoms with van der Waals surface area (Å²) in [4.78, 5) is 2.55. The number of hydrogen-bond donors (Lipinski definition) is 1. The van der Waals surface area contributed by atoms with Gasteiger partial charge in [-0.15, -0.1) is 0 Å². The molecule has 2 nitrogen and oxygen atoms in total. The Kier molecular flexibility index (Phi) is 4.75. The van der Waals surface area contributed by atoms with Crippen LogP contribution >= 0.6 is 0 Å². The van der Waals surface area contributed by atoms with Crippen LogP contribution in [0.4, 0.5) is 5.69 Å². The topological polar surface area (TPSA) is 15.3 Å². The third-order valence-electron chi connectivity index (χ3n) is 4.50. The highest BCUT2D eigenvalue weighted by atomic mass is 15.2. The molecule has 0 amide bonds. The summed E-state index contributed by atoms with van der Waals surface area (Å²) >= 11 is 0. The highest BCUT2D eigenvalue weighted by Crippen LogP contribution is 2.32. The molecule has 0 atom stereocenters. The minimum absolute atomic E-state index is 1.10. The lowest BCUT2D eigenvalue weighted by molar-refractivity contribution is 0.588. The molecule has 0 bridgehead atoms. The van der Waals surface area contributed by atoms with Gasteiger partial charge in [0.2, 0.25) is 0 Å². The second kappa shape index (κ2) is 6.94. The van der Waals surface area contributed by atoms with E-state index in [1.54, 1.807) is 5.57 Å². The molecule has 0 spiro atoms. The largest absolute Gasteiger partial charge is 0.368 e. The van der Waals surface area contributed by atoms with Crippen LogP contribution in [0, 0.1) is 0 Å². The second-order valence-corrected chi connectivity index (χ2v) is 5.94. The maximum atomic E-state index is 3.45. The van der Waals surface area contributed by atoms with Gasteiger partial charge in [0.15, 0.2) is 0 Å². The summed E-state index contributed by atoms with van der Waals surface area (Å²) in [5, 5.41) is 3.45. The number of nitrogens with zero attached hydrogens (tertiary/aromatic N) is 1. The van der Waals surface area contributed by atoms with E-state index in [0.29, 0.717) is 0 Å². The molecular formula is C18H26N2. The maximum absolute atomic E-state index is 3.45. The van der Waals surface area contributed by atoms with Crippen LogP contribution in [0.5, 0.6) is 0 Å². The van der Waals surface area contributed by atoms with Gasteiger partial charge in [0.1, 0.15) is 0 Å². The van der Waals surface area contributed by atoms with Crippen molar-refractivity contribution in [2.75, 3.05) is 31.1 Å². The molecule has 1 aliphatic carbocycles. The van der Waals surface area contributed by atoms with Crippen molar-refractivity contribution in [3.8, 4) is 0 Å². The first kappa shape index (κ1) is 13.7. The zero-order chi connectivity index (χ0) is 13.6. The van der Waals surface area contributed by atoms with Crippen molar-refractivity contribution in [2.24, 2.45) is 0 Å². The molecule has 20 heavy (non-hydrogen) atoms. The van der Waals surface area contributed by atoms with Crippen LogP contribution in [0.15, 0.2) is 30.3 Å². The Morgan fingerprint density at radius 3 is 2.60 bits per heavy atom. The van der Waals surface area contributed by atoms with Crippen molar-refractivity contribution in [1.82, 2.24) is 5.32 Å². The highest BCUT2D eigenvalue weighted by Gasteiger charge is 2.16. The smallest absolute Gasteiger partial charge is 0.0443 e. The van der Waals surface area contributed by atoms with Gasteiger partial charge < -0.3 is 10.2 Å². The number of allylic oxidation sites excluding steroid dienone is 2. The first-order valence-corrected chi connectivity index (χ1v) is 8.19. The van der Waals surface area contributed by atoms with Gasteiger partial charge in [0.25, 0.3) is 0 Å². The predicted molar refractivity (Wildman–Crippen MR) is 87.2 cm³/mol. The molecule has 0 radical (unpaired) electrons. The summed E-state index contributed by atoms with van der Waals surface area (Å²) in [6.07, 6.45) is 10.5. The molecule has 1 heterocycles. The number of piperazine rings is 1. The van der Waals surface area contributed by atoms with Crippen LogP contribution in [0.25, 0.3) is 5.57 Å². The Bertz CT molecular complexity index is 458. The lowest BCUT2D eigenvalue weighted by atomic mass is 9.93. The Hall–Kier alpha value is -1.28. The normalized spacial score (nSPS) is 21.0. The van der Waals surface area contributed by atoms with Crippen molar-refractivity contribution in [3.05, 3.63) is 35.9 Å². The summed E-state index contributed by atoms with van der Waals surface area (Å²) in [6.45, 7) is 4.47. The molecule has 1 saturated heterocycles. The quantitative estimate of drug-likeness (QED) is 0.878. The summed E-state index contributed by atoms with van der Waals surface area (Å²) in [5.74, 6) is 0. The number of anilines is 1. The minimum Gasteiger partial charge on any atom is -0.368 e. The van der Waals surface area contributed by atoms with Crippen LogP contribution in [-0.2, 0) is 0 Å². The molecule has 108 valence electrons. The predicted octanol–water partition coefficient (Wildman–Crippen LogP) is 3.83. The number of rotatable bonds is 2. The zero-order valence-electron chi connectivity index (χ0n) is 12.4. The van der Waals surface area contributed by atoms with Gasteiger partial charge in [0.05, 0.1) is 0 Å². The number of hydrogen-bond acceptors (Lipinski definition) is 2. The van der Waals surface area contributed by atoms with E-state index in [2.05, 4.69) is 40.6 Å². The molecule has 1 aromatic rings. The molecular weight excluding hydrogens is 244 g/mol. The number of para-hydroxylation sites is 1. The average molecular weight is 270 g/mol. The third-order valence-corrected chi connectivity index (χ3v) is 4.50. The van der Waals surface area contributed by atoms with E-state index in [1.165, 1.54) is 49.8 Å². The van der Waals surface area contributed by atoms with Gasteiger partial charge in [-0.1, -0.05) is 37.1 Å². The van der Waals surface area contributed by atoms with Gasteiger partial charge in [-0.2, -0.15) is 0 Å². The van der Waals surface area contributed by atoms with Gasteiger partial charge in [-0.25, -0.2) is 0 Å². The Morgan fingerprint density at radius 1 is 0.900 bits per heavy atom. The van der Waals surface area contributed by atoms with Crippen molar-refractivity contribution < 1.29 is 0 Å². The Morgan fingerprint density at radius 2 is 1.70 bits per heavy atom. The van der Waals surface area contributed by atoms with Crippen LogP contribution in [0.3, 0.4) is 0 Å². The first-order valence-electron chi connectivity index (χ1n) is 8.19. The minimum atomic E-state index is 1.10. The Labute approximate surface area is 122 Å². The van der Waals surface area contributed by atoms with Crippen molar-refractivity contribution in [2.45, 2.75) is 38.5 Å². The van der Waals surface area contributed by atoms with Crippen LogP contribution in [-0.4, -0.2) is 26.2 Å². The van der Waals surface area contributed by atoms with Crippen molar-refractivity contribution >= 4 is 11.3 Å². The molecule has 2 aliphatic rings. The van der Waals surface area contributed by atoms with Gasteiger partial charge >= 0.3 is 0 Å². The molecule has 1 N–H and O–H groups in total. The second-order valence-electron chi connectivity index (χ2n) is 5.94. The maximum Gasteiger partial charge on any atom is 0.0443 e. The molecule has 1 aliphatic heterocycles. The lowest BCUT2D eigenvalue weighted by Crippen LogP contribution is -2.43. The zero-order valence-corrected chi connectivity index (χ0v) is 12.4. The fraction of sp³-hybridized carbons (Fsp3) is 0.556. The molecule has 2 heteroatoms. The van der Waals surface area contributed by atoms with E-state index in [4.69, 9.17) is 0 Å². The summed E-state index contributed by atoms with van der Waals surface area (Å²) in [7, 11) is 0. The third kappa shape index (κ3) is 3.24. The summed E-state index contributed by atoms with van der Waals surface area (Å²) < 4.78 is 0. The van der Waals surface area contributed by atoms with E-state index in [-0.39, 0.29) is 0 Å². The van der Waals surface area contributed by atoms with Crippen LogP contribution < -0.4 is 10.2 Å². The van der Waals surface area contributed by atoms with Gasteiger partial charge in [-0.05, 0) is 37.3 Å². The fourth-order valence-corrected chi connectivity index (χ4v) is 3.36. The van der Waals surface area contributed by atoms with Crippen LogP contribution in [0.1, 0.15) is 44.1 Å². The average Bonchev–Trinajstić information content (AvgIpc) is 2.48. The molecule has 1 fully saturated rings. The first-order chi connectivity index (χ1) is 9.95.